The van der Waals surface area contributed by atoms with Crippen molar-refractivity contribution >= 4 is 9.84 Å². The fourth-order valence-corrected chi connectivity index (χ4v) is 3.52. The summed E-state index contributed by atoms with van der Waals surface area (Å²) >= 11 is 0. The van der Waals surface area contributed by atoms with E-state index in [1.54, 1.807) is 0 Å². The first kappa shape index (κ1) is 10.6. The molecule has 82 valence electrons. The lowest BCUT2D eigenvalue weighted by Gasteiger charge is -2.10. The Morgan fingerprint density at radius 1 is 1.27 bits per heavy atom. The van der Waals surface area contributed by atoms with Crippen LogP contribution in [0.15, 0.2) is 30.3 Å². The highest BCUT2D eigenvalue weighted by molar-refractivity contribution is 7.91. The van der Waals surface area contributed by atoms with Gasteiger partial charge in [-0.15, -0.1) is 0 Å². The Labute approximate surface area is 90.4 Å². The predicted octanol–water partition coefficient (Wildman–Crippen LogP) is 0.963. The summed E-state index contributed by atoms with van der Waals surface area (Å²) < 4.78 is 22.4. The van der Waals surface area contributed by atoms with Crippen LogP contribution in [0.3, 0.4) is 0 Å². The summed E-state index contributed by atoms with van der Waals surface area (Å²) in [6, 6.07) is 10.2. The molecular formula is C11H15NO2S. The third-order valence-corrected chi connectivity index (χ3v) is 4.44. The smallest absolute Gasteiger partial charge is 0.151 e. The standard InChI is InChI=1S/C11H15NO2S/c13-15(14)7-6-11(9-15)12-8-10-4-2-1-3-5-10/h1-5,11-12H,6-9H2/t11-/m0/s1. The lowest BCUT2D eigenvalue weighted by Crippen LogP contribution is -2.29. The van der Waals surface area contributed by atoms with Gasteiger partial charge in [-0.2, -0.15) is 0 Å². The Hall–Kier alpha value is -0.870. The zero-order valence-electron chi connectivity index (χ0n) is 8.52. The van der Waals surface area contributed by atoms with Crippen molar-refractivity contribution < 1.29 is 8.42 Å². The molecule has 1 saturated heterocycles. The van der Waals surface area contributed by atoms with E-state index in [0.29, 0.717) is 11.5 Å². The molecule has 0 aliphatic carbocycles. The van der Waals surface area contributed by atoms with Gasteiger partial charge >= 0.3 is 0 Å². The lowest BCUT2D eigenvalue weighted by atomic mass is 10.2. The quantitative estimate of drug-likeness (QED) is 0.833. The predicted molar refractivity (Wildman–Crippen MR) is 60.3 cm³/mol. The highest BCUT2D eigenvalue weighted by Gasteiger charge is 2.26. The Bertz CT molecular complexity index is 413. The topological polar surface area (TPSA) is 46.2 Å². The largest absolute Gasteiger partial charge is 0.309 e. The number of hydrogen-bond acceptors (Lipinski definition) is 3. The molecule has 1 N–H and O–H groups in total. The van der Waals surface area contributed by atoms with Gasteiger partial charge in [-0.25, -0.2) is 8.42 Å². The van der Waals surface area contributed by atoms with E-state index in [1.807, 2.05) is 30.3 Å². The number of sulfone groups is 1. The van der Waals surface area contributed by atoms with Crippen LogP contribution in [0.4, 0.5) is 0 Å². The average molecular weight is 225 g/mol. The third kappa shape index (κ3) is 3.04. The molecule has 15 heavy (non-hydrogen) atoms. The third-order valence-electron chi connectivity index (χ3n) is 2.67. The second kappa shape index (κ2) is 4.33. The van der Waals surface area contributed by atoms with E-state index < -0.39 is 9.84 Å². The van der Waals surface area contributed by atoms with Crippen LogP contribution in [0.2, 0.25) is 0 Å². The van der Waals surface area contributed by atoms with Crippen molar-refractivity contribution in [2.75, 3.05) is 11.5 Å². The molecule has 1 fully saturated rings. The van der Waals surface area contributed by atoms with E-state index in [9.17, 15) is 8.42 Å². The number of nitrogens with one attached hydrogen (secondary N) is 1. The summed E-state index contributed by atoms with van der Waals surface area (Å²) in [7, 11) is -2.76. The molecule has 0 amide bonds. The molecule has 1 aromatic carbocycles. The van der Waals surface area contributed by atoms with Crippen molar-refractivity contribution in [3.8, 4) is 0 Å². The minimum Gasteiger partial charge on any atom is -0.309 e. The van der Waals surface area contributed by atoms with Crippen LogP contribution in [-0.2, 0) is 16.4 Å². The molecule has 1 aliphatic rings. The summed E-state index contributed by atoms with van der Waals surface area (Å²) in [6.45, 7) is 0.751. The monoisotopic (exact) mass is 225 g/mol. The maximum atomic E-state index is 11.2. The first-order valence-corrected chi connectivity index (χ1v) is 6.96. The Kier molecular flexibility index (Phi) is 3.07. The molecule has 3 nitrogen and oxygen atoms in total. The Balaban J connectivity index is 1.85. The molecule has 0 bridgehead atoms. The van der Waals surface area contributed by atoms with Gasteiger partial charge in [-0.05, 0) is 12.0 Å². The fraction of sp³-hybridized carbons (Fsp3) is 0.455. The minimum atomic E-state index is -2.76. The van der Waals surface area contributed by atoms with Gasteiger partial charge in [0.15, 0.2) is 9.84 Å². The molecule has 0 unspecified atom stereocenters. The molecule has 1 atom stereocenters. The van der Waals surface area contributed by atoms with Crippen LogP contribution < -0.4 is 5.32 Å². The molecule has 1 heterocycles. The molecule has 2 rings (SSSR count). The average Bonchev–Trinajstić information content (AvgIpc) is 2.57. The van der Waals surface area contributed by atoms with Gasteiger partial charge in [0.1, 0.15) is 0 Å². The molecule has 0 spiro atoms. The maximum absolute atomic E-state index is 11.2. The molecule has 4 heteroatoms. The van der Waals surface area contributed by atoms with E-state index in [-0.39, 0.29) is 6.04 Å². The molecule has 0 radical (unpaired) electrons. The first-order valence-electron chi connectivity index (χ1n) is 5.13. The zero-order valence-corrected chi connectivity index (χ0v) is 9.33. The SMILES string of the molecule is O=S1(=O)CC[C@H](NCc2ccccc2)C1. The molecule has 1 aliphatic heterocycles. The number of hydrogen-bond donors (Lipinski definition) is 1. The van der Waals surface area contributed by atoms with Crippen molar-refractivity contribution in [1.82, 2.24) is 5.32 Å². The summed E-state index contributed by atoms with van der Waals surface area (Å²) in [4.78, 5) is 0. The second-order valence-electron chi connectivity index (χ2n) is 3.97. The van der Waals surface area contributed by atoms with Gasteiger partial charge in [-0.1, -0.05) is 30.3 Å². The van der Waals surface area contributed by atoms with Gasteiger partial charge in [0.2, 0.25) is 0 Å². The van der Waals surface area contributed by atoms with Gasteiger partial charge in [-0.3, -0.25) is 0 Å². The minimum absolute atomic E-state index is 0.134. The summed E-state index contributed by atoms with van der Waals surface area (Å²) in [5.74, 6) is 0.624. The maximum Gasteiger partial charge on any atom is 0.151 e. The van der Waals surface area contributed by atoms with Crippen molar-refractivity contribution in [2.24, 2.45) is 0 Å². The van der Waals surface area contributed by atoms with E-state index in [0.717, 1.165) is 13.0 Å². The first-order chi connectivity index (χ1) is 7.16. The van der Waals surface area contributed by atoms with Gasteiger partial charge in [0, 0.05) is 12.6 Å². The highest BCUT2D eigenvalue weighted by Crippen LogP contribution is 2.11. The van der Waals surface area contributed by atoms with Crippen LogP contribution in [0, 0.1) is 0 Å². The van der Waals surface area contributed by atoms with Crippen molar-refractivity contribution in [2.45, 2.75) is 19.0 Å². The van der Waals surface area contributed by atoms with Crippen LogP contribution in [0.5, 0.6) is 0 Å². The molecule has 0 saturated carbocycles. The Morgan fingerprint density at radius 3 is 2.60 bits per heavy atom. The van der Waals surface area contributed by atoms with Gasteiger partial charge < -0.3 is 5.32 Å². The molecule has 1 aromatic rings. The lowest BCUT2D eigenvalue weighted by molar-refractivity contribution is 0.554. The highest BCUT2D eigenvalue weighted by atomic mass is 32.2. The van der Waals surface area contributed by atoms with Crippen LogP contribution in [0.1, 0.15) is 12.0 Å². The molecule has 0 aromatic heterocycles. The van der Waals surface area contributed by atoms with Crippen LogP contribution >= 0.6 is 0 Å². The molecular weight excluding hydrogens is 210 g/mol. The van der Waals surface area contributed by atoms with E-state index in [1.165, 1.54) is 5.56 Å². The van der Waals surface area contributed by atoms with Gasteiger partial charge in [0.25, 0.3) is 0 Å². The van der Waals surface area contributed by atoms with Crippen molar-refractivity contribution in [1.29, 1.82) is 0 Å². The summed E-state index contributed by atoms with van der Waals surface area (Å²) in [5.41, 5.74) is 1.20. The number of benzene rings is 1. The fourth-order valence-electron chi connectivity index (χ4n) is 1.81. The number of rotatable bonds is 3. The zero-order chi connectivity index (χ0) is 10.7. The normalized spacial score (nSPS) is 24.1. The second-order valence-corrected chi connectivity index (χ2v) is 6.20. The van der Waals surface area contributed by atoms with Crippen molar-refractivity contribution in [3.63, 3.8) is 0 Å². The van der Waals surface area contributed by atoms with Gasteiger partial charge in [0.05, 0.1) is 11.5 Å². The van der Waals surface area contributed by atoms with E-state index >= 15 is 0 Å². The summed E-state index contributed by atoms with van der Waals surface area (Å²) in [5, 5.41) is 3.27. The van der Waals surface area contributed by atoms with E-state index in [2.05, 4.69) is 5.32 Å². The van der Waals surface area contributed by atoms with Crippen LogP contribution in [0.25, 0.3) is 0 Å². The van der Waals surface area contributed by atoms with Crippen LogP contribution in [-0.4, -0.2) is 26.0 Å². The Morgan fingerprint density at radius 2 is 2.00 bits per heavy atom. The van der Waals surface area contributed by atoms with Crippen molar-refractivity contribution in [3.05, 3.63) is 35.9 Å². The van der Waals surface area contributed by atoms with E-state index in [4.69, 9.17) is 0 Å². The summed E-state index contributed by atoms with van der Waals surface area (Å²) in [6.07, 6.45) is 0.745.